The molecular formula is C12H9ClF2N2O2. The van der Waals surface area contributed by atoms with Gasteiger partial charge in [-0.15, -0.1) is 0 Å². The number of benzene rings is 1. The maximum absolute atomic E-state index is 13.7. The van der Waals surface area contributed by atoms with Gasteiger partial charge in [0.2, 0.25) is 0 Å². The molecule has 0 atom stereocenters. The van der Waals surface area contributed by atoms with Gasteiger partial charge in [-0.05, 0) is 12.1 Å². The Morgan fingerprint density at radius 2 is 2.21 bits per heavy atom. The highest BCUT2D eigenvalue weighted by atomic mass is 35.5. The number of hydrogen-bond donors (Lipinski definition) is 0. The van der Waals surface area contributed by atoms with Gasteiger partial charge in [0.1, 0.15) is 22.4 Å². The largest absolute Gasteiger partial charge is 0.378 e. The van der Waals surface area contributed by atoms with Crippen molar-refractivity contribution in [3.63, 3.8) is 0 Å². The summed E-state index contributed by atoms with van der Waals surface area (Å²) in [5.74, 6) is -1.54. The fourth-order valence-corrected chi connectivity index (χ4v) is 1.91. The van der Waals surface area contributed by atoms with Crippen LogP contribution in [-0.4, -0.2) is 23.2 Å². The topological polar surface area (TPSA) is 44.1 Å². The summed E-state index contributed by atoms with van der Waals surface area (Å²) in [6.45, 7) is 0.0591. The van der Waals surface area contributed by atoms with E-state index in [4.69, 9.17) is 16.3 Å². The van der Waals surface area contributed by atoms with E-state index in [0.717, 1.165) is 10.7 Å². The van der Waals surface area contributed by atoms with E-state index in [0.29, 0.717) is 12.4 Å². The fourth-order valence-electron chi connectivity index (χ4n) is 1.62. The van der Waals surface area contributed by atoms with Crippen molar-refractivity contribution in [3.05, 3.63) is 46.2 Å². The van der Waals surface area contributed by atoms with Gasteiger partial charge in [0.25, 0.3) is 0 Å². The van der Waals surface area contributed by atoms with Gasteiger partial charge in [-0.25, -0.2) is 13.5 Å². The molecule has 0 bridgehead atoms. The van der Waals surface area contributed by atoms with Gasteiger partial charge in [-0.2, -0.15) is 5.10 Å². The minimum Gasteiger partial charge on any atom is -0.378 e. The van der Waals surface area contributed by atoms with Gasteiger partial charge < -0.3 is 4.74 Å². The highest BCUT2D eigenvalue weighted by molar-refractivity contribution is 6.32. The van der Waals surface area contributed by atoms with E-state index in [1.54, 1.807) is 0 Å². The molecule has 100 valence electrons. The zero-order valence-electron chi connectivity index (χ0n) is 9.86. The summed E-state index contributed by atoms with van der Waals surface area (Å²) >= 11 is 5.96. The van der Waals surface area contributed by atoms with Crippen LogP contribution in [0.2, 0.25) is 5.15 Å². The van der Waals surface area contributed by atoms with Crippen LogP contribution in [0.15, 0.2) is 18.2 Å². The Labute approximate surface area is 112 Å². The zero-order valence-corrected chi connectivity index (χ0v) is 10.6. The summed E-state index contributed by atoms with van der Waals surface area (Å²) in [6, 6.07) is 2.98. The Morgan fingerprint density at radius 3 is 2.79 bits per heavy atom. The molecule has 7 heteroatoms. The molecule has 1 aromatic heterocycles. The molecule has 0 saturated carbocycles. The third-order valence-electron chi connectivity index (χ3n) is 2.48. The molecule has 0 amide bonds. The fraction of sp³-hybridized carbons (Fsp3) is 0.167. The SMILES string of the molecule is COCc1nn(-c2ccc(F)cc2F)c(Cl)c1C=O. The molecular weight excluding hydrogens is 278 g/mol. The lowest BCUT2D eigenvalue weighted by Gasteiger charge is -2.04. The molecule has 19 heavy (non-hydrogen) atoms. The number of ether oxygens (including phenoxy) is 1. The van der Waals surface area contributed by atoms with Crippen LogP contribution in [0.1, 0.15) is 16.1 Å². The smallest absolute Gasteiger partial charge is 0.155 e. The molecule has 0 aliphatic heterocycles. The lowest BCUT2D eigenvalue weighted by Crippen LogP contribution is -2.01. The maximum atomic E-state index is 13.7. The van der Waals surface area contributed by atoms with Crippen molar-refractivity contribution in [2.24, 2.45) is 0 Å². The van der Waals surface area contributed by atoms with Crippen LogP contribution >= 0.6 is 11.6 Å². The second-order valence-corrected chi connectivity index (χ2v) is 4.07. The standard InChI is InChI=1S/C12H9ClF2N2O2/c1-19-6-10-8(5-18)12(13)17(16-10)11-3-2-7(14)4-9(11)15/h2-5H,6H2,1H3. The Morgan fingerprint density at radius 1 is 1.47 bits per heavy atom. The van der Waals surface area contributed by atoms with E-state index in [2.05, 4.69) is 5.10 Å². The van der Waals surface area contributed by atoms with Gasteiger partial charge in [-0.3, -0.25) is 4.79 Å². The first-order valence-electron chi connectivity index (χ1n) is 5.25. The number of carbonyl (C=O) groups is 1. The Balaban J connectivity index is 2.59. The third-order valence-corrected chi connectivity index (χ3v) is 2.84. The first kappa shape index (κ1) is 13.6. The van der Waals surface area contributed by atoms with Crippen molar-refractivity contribution < 1.29 is 18.3 Å². The molecule has 2 aromatic rings. The Bertz CT molecular complexity index is 628. The van der Waals surface area contributed by atoms with Crippen molar-refractivity contribution in [3.8, 4) is 5.69 Å². The van der Waals surface area contributed by atoms with E-state index < -0.39 is 11.6 Å². The first-order chi connectivity index (χ1) is 9.08. The lowest BCUT2D eigenvalue weighted by atomic mass is 10.3. The molecule has 0 N–H and O–H groups in total. The van der Waals surface area contributed by atoms with Gasteiger partial charge in [0.05, 0.1) is 12.2 Å². The number of rotatable bonds is 4. The zero-order chi connectivity index (χ0) is 14.0. The first-order valence-corrected chi connectivity index (χ1v) is 5.63. The number of halogens is 3. The summed E-state index contributed by atoms with van der Waals surface area (Å²) in [4.78, 5) is 11.0. The van der Waals surface area contributed by atoms with E-state index in [-0.39, 0.29) is 28.7 Å². The average molecular weight is 287 g/mol. The van der Waals surface area contributed by atoms with Gasteiger partial charge in [-0.1, -0.05) is 11.6 Å². The second-order valence-electron chi connectivity index (χ2n) is 3.71. The molecule has 1 aromatic carbocycles. The predicted molar refractivity (Wildman–Crippen MR) is 64.6 cm³/mol. The maximum Gasteiger partial charge on any atom is 0.155 e. The summed E-state index contributed by atoms with van der Waals surface area (Å²) in [5, 5.41) is 3.95. The third kappa shape index (κ3) is 2.50. The normalized spacial score (nSPS) is 10.7. The number of carbonyl (C=O) groups excluding carboxylic acids is 1. The number of methoxy groups -OCH3 is 1. The molecule has 0 fully saturated rings. The van der Waals surface area contributed by atoms with Crippen LogP contribution < -0.4 is 0 Å². The monoisotopic (exact) mass is 286 g/mol. The highest BCUT2D eigenvalue weighted by Crippen LogP contribution is 2.24. The molecule has 0 unspecified atom stereocenters. The Hall–Kier alpha value is -1.79. The molecule has 2 rings (SSSR count). The number of aromatic nitrogens is 2. The molecule has 1 heterocycles. The number of nitrogens with zero attached hydrogens (tertiary/aromatic N) is 2. The van der Waals surface area contributed by atoms with Crippen molar-refractivity contribution in [1.29, 1.82) is 0 Å². The number of hydrogen-bond acceptors (Lipinski definition) is 3. The highest BCUT2D eigenvalue weighted by Gasteiger charge is 2.18. The molecule has 0 aliphatic carbocycles. The second kappa shape index (κ2) is 5.46. The summed E-state index contributed by atoms with van der Waals surface area (Å²) in [5.41, 5.74) is 0.357. The molecule has 0 saturated heterocycles. The van der Waals surface area contributed by atoms with Crippen molar-refractivity contribution >= 4 is 17.9 Å². The van der Waals surface area contributed by atoms with Gasteiger partial charge in [0, 0.05) is 13.2 Å². The summed E-state index contributed by atoms with van der Waals surface area (Å²) < 4.78 is 32.4. The molecule has 0 aliphatic rings. The van der Waals surface area contributed by atoms with E-state index in [9.17, 15) is 13.6 Å². The average Bonchev–Trinajstić information content (AvgIpc) is 2.66. The van der Waals surface area contributed by atoms with Crippen LogP contribution in [0.3, 0.4) is 0 Å². The van der Waals surface area contributed by atoms with E-state index in [1.807, 2.05) is 0 Å². The van der Waals surface area contributed by atoms with Crippen molar-refractivity contribution in [2.45, 2.75) is 6.61 Å². The molecule has 4 nitrogen and oxygen atoms in total. The number of aldehydes is 1. The quantitative estimate of drug-likeness (QED) is 0.812. The lowest BCUT2D eigenvalue weighted by molar-refractivity contribution is 0.111. The molecule has 0 spiro atoms. The Kier molecular flexibility index (Phi) is 3.92. The van der Waals surface area contributed by atoms with Crippen LogP contribution in [0.5, 0.6) is 0 Å². The van der Waals surface area contributed by atoms with Crippen LogP contribution in [-0.2, 0) is 11.3 Å². The minimum atomic E-state index is -0.828. The predicted octanol–water partition coefficient (Wildman–Crippen LogP) is 2.76. The van der Waals surface area contributed by atoms with Gasteiger partial charge in [0.15, 0.2) is 12.1 Å². The molecule has 0 radical (unpaired) electrons. The van der Waals surface area contributed by atoms with Crippen LogP contribution in [0.25, 0.3) is 5.69 Å². The van der Waals surface area contributed by atoms with Crippen molar-refractivity contribution in [2.75, 3.05) is 7.11 Å². The summed E-state index contributed by atoms with van der Waals surface area (Å²) in [7, 11) is 1.43. The van der Waals surface area contributed by atoms with E-state index >= 15 is 0 Å². The van der Waals surface area contributed by atoms with E-state index in [1.165, 1.54) is 13.2 Å². The van der Waals surface area contributed by atoms with Crippen LogP contribution in [0, 0.1) is 11.6 Å². The van der Waals surface area contributed by atoms with Crippen molar-refractivity contribution in [1.82, 2.24) is 9.78 Å². The van der Waals surface area contributed by atoms with Gasteiger partial charge >= 0.3 is 0 Å². The van der Waals surface area contributed by atoms with Crippen LogP contribution in [0.4, 0.5) is 8.78 Å². The minimum absolute atomic E-state index is 0.0446. The summed E-state index contributed by atoms with van der Waals surface area (Å²) in [6.07, 6.45) is 0.515.